The van der Waals surface area contributed by atoms with E-state index >= 15 is 0 Å². The molecule has 0 aliphatic rings. The number of amides is 2. The molecule has 2 N–H and O–H groups in total. The van der Waals surface area contributed by atoms with E-state index in [9.17, 15) is 14.7 Å². The topological polar surface area (TPSA) is 69.6 Å². The lowest BCUT2D eigenvalue weighted by Crippen LogP contribution is -2.46. The second kappa shape index (κ2) is 9.20. The maximum Gasteiger partial charge on any atom is 0.251 e. The monoisotopic (exact) mass is 346 g/mol. The molecule has 1 heterocycles. The van der Waals surface area contributed by atoms with Gasteiger partial charge in [-0.15, -0.1) is 11.3 Å². The van der Waals surface area contributed by atoms with Crippen molar-refractivity contribution in [3.63, 3.8) is 0 Å². The van der Waals surface area contributed by atoms with E-state index in [0.29, 0.717) is 18.5 Å². The van der Waals surface area contributed by atoms with Gasteiger partial charge in [0.05, 0.1) is 25.7 Å². The van der Waals surface area contributed by atoms with Crippen LogP contribution in [0.4, 0.5) is 0 Å². The van der Waals surface area contributed by atoms with Crippen molar-refractivity contribution in [2.45, 2.75) is 25.9 Å². The zero-order valence-electron chi connectivity index (χ0n) is 13.6. The summed E-state index contributed by atoms with van der Waals surface area (Å²) >= 11 is 1.57. The molecule has 0 fully saturated rings. The van der Waals surface area contributed by atoms with Gasteiger partial charge < -0.3 is 15.3 Å². The van der Waals surface area contributed by atoms with Crippen molar-refractivity contribution in [2.75, 3.05) is 13.2 Å². The molecule has 24 heavy (non-hydrogen) atoms. The Bertz CT molecular complexity index is 640. The first-order valence-electron chi connectivity index (χ1n) is 7.91. The number of aliphatic hydroxyl groups is 1. The number of hydrogen-bond acceptors (Lipinski definition) is 4. The minimum atomic E-state index is -0.280. The standard InChI is InChI=1S/C18H22N2O3S/c1-2-15(13-21)20(12-16-9-6-10-24-16)17(22)11-19-18(23)14-7-4-3-5-8-14/h3-10,15,21H,2,11-13H2,1H3,(H,19,23)/t15-/m1/s1. The molecule has 6 heteroatoms. The summed E-state index contributed by atoms with van der Waals surface area (Å²) in [6.07, 6.45) is 0.653. The van der Waals surface area contributed by atoms with Gasteiger partial charge >= 0.3 is 0 Å². The van der Waals surface area contributed by atoms with E-state index in [-0.39, 0.29) is 31.0 Å². The van der Waals surface area contributed by atoms with E-state index in [1.807, 2.05) is 30.5 Å². The van der Waals surface area contributed by atoms with Crippen LogP contribution in [0.2, 0.25) is 0 Å². The van der Waals surface area contributed by atoms with Crippen LogP contribution in [0.1, 0.15) is 28.6 Å². The number of nitrogens with zero attached hydrogens (tertiary/aromatic N) is 1. The molecule has 0 saturated carbocycles. The van der Waals surface area contributed by atoms with Crippen molar-refractivity contribution in [1.82, 2.24) is 10.2 Å². The molecule has 1 aromatic carbocycles. The highest BCUT2D eigenvalue weighted by Crippen LogP contribution is 2.15. The van der Waals surface area contributed by atoms with Gasteiger partial charge in [-0.1, -0.05) is 31.2 Å². The Balaban J connectivity index is 2.00. The van der Waals surface area contributed by atoms with E-state index in [1.54, 1.807) is 40.5 Å². The molecule has 5 nitrogen and oxygen atoms in total. The van der Waals surface area contributed by atoms with Crippen molar-refractivity contribution in [2.24, 2.45) is 0 Å². The van der Waals surface area contributed by atoms with Crippen LogP contribution in [0.5, 0.6) is 0 Å². The minimum absolute atomic E-state index is 0.0877. The molecule has 2 amide bonds. The molecular weight excluding hydrogens is 324 g/mol. The molecule has 0 aliphatic carbocycles. The average Bonchev–Trinajstić information content (AvgIpc) is 3.13. The van der Waals surface area contributed by atoms with Gasteiger partial charge in [0.15, 0.2) is 0 Å². The molecule has 1 atom stereocenters. The molecule has 2 aromatic rings. The summed E-state index contributed by atoms with van der Waals surface area (Å²) in [5, 5.41) is 14.2. The largest absolute Gasteiger partial charge is 0.394 e. The number of carbonyl (C=O) groups is 2. The van der Waals surface area contributed by atoms with Crippen LogP contribution in [-0.2, 0) is 11.3 Å². The highest BCUT2D eigenvalue weighted by atomic mass is 32.1. The lowest BCUT2D eigenvalue weighted by atomic mass is 10.2. The van der Waals surface area contributed by atoms with Crippen molar-refractivity contribution < 1.29 is 14.7 Å². The molecular formula is C18H22N2O3S. The molecule has 0 spiro atoms. The number of thiophene rings is 1. The summed E-state index contributed by atoms with van der Waals surface area (Å²) < 4.78 is 0. The van der Waals surface area contributed by atoms with Crippen LogP contribution in [-0.4, -0.2) is 41.0 Å². The number of nitrogens with one attached hydrogen (secondary N) is 1. The second-order valence-electron chi connectivity index (χ2n) is 5.39. The molecule has 0 unspecified atom stereocenters. The van der Waals surface area contributed by atoms with Crippen molar-refractivity contribution in [1.29, 1.82) is 0 Å². The first-order valence-corrected chi connectivity index (χ1v) is 8.79. The number of hydrogen-bond donors (Lipinski definition) is 2. The predicted octanol–water partition coefficient (Wildman–Crippen LogP) is 2.28. The van der Waals surface area contributed by atoms with Crippen molar-refractivity contribution in [3.8, 4) is 0 Å². The maximum atomic E-state index is 12.6. The first-order chi connectivity index (χ1) is 11.7. The lowest BCUT2D eigenvalue weighted by molar-refractivity contribution is -0.134. The number of aliphatic hydroxyl groups excluding tert-OH is 1. The number of benzene rings is 1. The Morgan fingerprint density at radius 1 is 1.21 bits per heavy atom. The highest BCUT2D eigenvalue weighted by molar-refractivity contribution is 7.09. The molecule has 0 saturated heterocycles. The zero-order chi connectivity index (χ0) is 17.4. The van der Waals surface area contributed by atoms with Crippen molar-refractivity contribution >= 4 is 23.2 Å². The number of rotatable bonds is 8. The van der Waals surface area contributed by atoms with Crippen LogP contribution >= 0.6 is 11.3 Å². The number of carbonyl (C=O) groups excluding carboxylic acids is 2. The van der Waals surface area contributed by atoms with Gasteiger partial charge in [-0.3, -0.25) is 9.59 Å². The van der Waals surface area contributed by atoms with Gasteiger partial charge in [-0.05, 0) is 30.0 Å². The molecule has 1 aromatic heterocycles. The second-order valence-corrected chi connectivity index (χ2v) is 6.43. The Hall–Kier alpha value is -2.18. The fourth-order valence-corrected chi connectivity index (χ4v) is 3.09. The van der Waals surface area contributed by atoms with Gasteiger partial charge in [0.25, 0.3) is 5.91 Å². The summed E-state index contributed by atoms with van der Waals surface area (Å²) in [5.41, 5.74) is 0.518. The predicted molar refractivity (Wildman–Crippen MR) is 94.8 cm³/mol. The van der Waals surface area contributed by atoms with Crippen LogP contribution < -0.4 is 5.32 Å². The first kappa shape index (κ1) is 18.2. The summed E-state index contributed by atoms with van der Waals surface area (Å²) in [6, 6.07) is 12.4. The summed E-state index contributed by atoms with van der Waals surface area (Å²) in [6.45, 7) is 2.19. The van der Waals surface area contributed by atoms with E-state index in [2.05, 4.69) is 5.32 Å². The highest BCUT2D eigenvalue weighted by Gasteiger charge is 2.22. The van der Waals surface area contributed by atoms with Crippen molar-refractivity contribution in [3.05, 3.63) is 58.3 Å². The Kier molecular flexibility index (Phi) is 6.96. The molecule has 0 aliphatic heterocycles. The summed E-state index contributed by atoms with van der Waals surface area (Å²) in [7, 11) is 0. The van der Waals surface area contributed by atoms with Crippen LogP contribution in [0.25, 0.3) is 0 Å². The zero-order valence-corrected chi connectivity index (χ0v) is 14.5. The smallest absolute Gasteiger partial charge is 0.251 e. The van der Waals surface area contributed by atoms with Gasteiger partial charge in [0.1, 0.15) is 0 Å². The third-order valence-electron chi connectivity index (χ3n) is 3.79. The average molecular weight is 346 g/mol. The summed E-state index contributed by atoms with van der Waals surface area (Å²) in [5.74, 6) is -0.481. The fourth-order valence-electron chi connectivity index (χ4n) is 2.39. The van der Waals surface area contributed by atoms with E-state index in [4.69, 9.17) is 0 Å². The molecule has 128 valence electrons. The molecule has 0 bridgehead atoms. The van der Waals surface area contributed by atoms with Gasteiger partial charge in [0.2, 0.25) is 5.91 Å². The molecule has 2 rings (SSSR count). The third kappa shape index (κ3) is 4.91. The van der Waals surface area contributed by atoms with Gasteiger partial charge in [-0.2, -0.15) is 0 Å². The van der Waals surface area contributed by atoms with Gasteiger partial charge in [-0.25, -0.2) is 0 Å². The summed E-state index contributed by atoms with van der Waals surface area (Å²) in [4.78, 5) is 27.3. The van der Waals surface area contributed by atoms with E-state index in [1.165, 1.54) is 0 Å². The Morgan fingerprint density at radius 3 is 2.54 bits per heavy atom. The minimum Gasteiger partial charge on any atom is -0.394 e. The maximum absolute atomic E-state index is 12.6. The Morgan fingerprint density at radius 2 is 1.96 bits per heavy atom. The SMILES string of the molecule is CC[C@H](CO)N(Cc1cccs1)C(=O)CNC(=O)c1ccccc1. The van der Waals surface area contributed by atoms with E-state index < -0.39 is 0 Å². The van der Waals surface area contributed by atoms with E-state index in [0.717, 1.165) is 4.88 Å². The van der Waals surface area contributed by atoms with Crippen LogP contribution in [0, 0.1) is 0 Å². The third-order valence-corrected chi connectivity index (χ3v) is 4.65. The fraction of sp³-hybridized carbons (Fsp3) is 0.333. The quantitative estimate of drug-likeness (QED) is 0.770. The van der Waals surface area contributed by atoms with Gasteiger partial charge in [0, 0.05) is 10.4 Å². The molecule has 0 radical (unpaired) electrons. The Labute approximate surface area is 145 Å². The normalized spacial score (nSPS) is 11.8. The lowest BCUT2D eigenvalue weighted by Gasteiger charge is -2.29. The van der Waals surface area contributed by atoms with Crippen LogP contribution in [0.3, 0.4) is 0 Å². The van der Waals surface area contributed by atoms with Crippen LogP contribution in [0.15, 0.2) is 47.8 Å².